The predicted molar refractivity (Wildman–Crippen MR) is 57.3 cm³/mol. The molecule has 0 spiro atoms. The monoisotopic (exact) mass is 212 g/mol. The first-order valence-electron chi connectivity index (χ1n) is 5.74. The molecular weight excluding hydrogens is 192 g/mol. The average molecular weight is 212 g/mol. The first-order valence-corrected chi connectivity index (χ1v) is 5.74. The summed E-state index contributed by atoms with van der Waals surface area (Å²) in [7, 11) is 0. The van der Waals surface area contributed by atoms with Crippen LogP contribution in [0.1, 0.15) is 40.0 Å². The van der Waals surface area contributed by atoms with E-state index in [9.17, 15) is 9.59 Å². The molecule has 3 nitrogen and oxygen atoms in total. The van der Waals surface area contributed by atoms with Crippen molar-refractivity contribution >= 4 is 11.8 Å². The Morgan fingerprint density at radius 2 is 2.20 bits per heavy atom. The van der Waals surface area contributed by atoms with Gasteiger partial charge in [-0.25, -0.2) is 0 Å². The summed E-state index contributed by atoms with van der Waals surface area (Å²) in [4.78, 5) is 23.0. The fourth-order valence-electron chi connectivity index (χ4n) is 2.40. The van der Waals surface area contributed by atoms with Gasteiger partial charge in [-0.2, -0.15) is 0 Å². The summed E-state index contributed by atoms with van der Waals surface area (Å²) >= 11 is 0. The van der Waals surface area contributed by atoms with Crippen LogP contribution in [0.25, 0.3) is 0 Å². The standard InChI is InChI=1S/C12H20O3/c1-4-15-12(14)7-10-9(8(2)3)5-6-11(10)13/h8-10H,4-7H2,1-3H3/t9-,10-/m1/s1. The summed E-state index contributed by atoms with van der Waals surface area (Å²) < 4.78 is 4.89. The van der Waals surface area contributed by atoms with Crippen LogP contribution < -0.4 is 0 Å². The van der Waals surface area contributed by atoms with Gasteiger partial charge in [-0.3, -0.25) is 9.59 Å². The summed E-state index contributed by atoms with van der Waals surface area (Å²) in [5.74, 6) is 0.743. The normalized spacial score (nSPS) is 26.0. The number of ether oxygens (including phenoxy) is 1. The molecule has 0 bridgehead atoms. The zero-order valence-corrected chi connectivity index (χ0v) is 9.79. The molecular formula is C12H20O3. The Bertz CT molecular complexity index is 245. The van der Waals surface area contributed by atoms with E-state index in [0.29, 0.717) is 24.9 Å². The molecule has 1 aliphatic rings. The molecule has 0 N–H and O–H groups in total. The highest BCUT2D eigenvalue weighted by Crippen LogP contribution is 2.36. The summed E-state index contributed by atoms with van der Waals surface area (Å²) in [6.07, 6.45) is 1.84. The summed E-state index contributed by atoms with van der Waals surface area (Å²) in [6.45, 7) is 6.41. The van der Waals surface area contributed by atoms with Crippen LogP contribution in [-0.4, -0.2) is 18.4 Å². The van der Waals surface area contributed by atoms with Crippen molar-refractivity contribution in [1.29, 1.82) is 0 Å². The minimum Gasteiger partial charge on any atom is -0.466 e. The van der Waals surface area contributed by atoms with Gasteiger partial charge in [0.1, 0.15) is 5.78 Å². The van der Waals surface area contributed by atoms with Gasteiger partial charge in [0.15, 0.2) is 0 Å². The lowest BCUT2D eigenvalue weighted by atomic mass is 9.84. The molecule has 0 unspecified atom stereocenters. The molecule has 1 rings (SSSR count). The topological polar surface area (TPSA) is 43.4 Å². The highest BCUT2D eigenvalue weighted by atomic mass is 16.5. The molecule has 0 aliphatic heterocycles. The molecule has 86 valence electrons. The largest absolute Gasteiger partial charge is 0.466 e. The first kappa shape index (κ1) is 12.2. The van der Waals surface area contributed by atoms with E-state index >= 15 is 0 Å². The Hall–Kier alpha value is -0.860. The second-order valence-electron chi connectivity index (χ2n) is 4.53. The van der Waals surface area contributed by atoms with Gasteiger partial charge in [-0.05, 0) is 25.2 Å². The Morgan fingerprint density at radius 3 is 2.73 bits per heavy atom. The van der Waals surface area contributed by atoms with Crippen molar-refractivity contribution in [2.24, 2.45) is 17.8 Å². The van der Waals surface area contributed by atoms with Gasteiger partial charge in [0.25, 0.3) is 0 Å². The molecule has 2 atom stereocenters. The van der Waals surface area contributed by atoms with Gasteiger partial charge >= 0.3 is 5.97 Å². The van der Waals surface area contributed by atoms with Crippen molar-refractivity contribution < 1.29 is 14.3 Å². The number of carbonyl (C=O) groups is 2. The highest BCUT2D eigenvalue weighted by molar-refractivity contribution is 5.87. The second-order valence-corrected chi connectivity index (χ2v) is 4.53. The molecule has 3 heteroatoms. The SMILES string of the molecule is CCOC(=O)C[C@H]1C(=O)CC[C@@H]1C(C)C. The van der Waals surface area contributed by atoms with Gasteiger partial charge in [0.05, 0.1) is 13.0 Å². The highest BCUT2D eigenvalue weighted by Gasteiger charge is 2.37. The third-order valence-electron chi connectivity index (χ3n) is 3.20. The van der Waals surface area contributed by atoms with Gasteiger partial charge in [0, 0.05) is 12.3 Å². The molecule has 0 amide bonds. The smallest absolute Gasteiger partial charge is 0.306 e. The van der Waals surface area contributed by atoms with Crippen molar-refractivity contribution in [3.63, 3.8) is 0 Å². The quantitative estimate of drug-likeness (QED) is 0.671. The van der Waals surface area contributed by atoms with E-state index in [4.69, 9.17) is 4.74 Å². The third-order valence-corrected chi connectivity index (χ3v) is 3.20. The zero-order chi connectivity index (χ0) is 11.4. The first-order chi connectivity index (χ1) is 7.06. The number of ketones is 1. The van der Waals surface area contributed by atoms with Gasteiger partial charge in [-0.15, -0.1) is 0 Å². The summed E-state index contributed by atoms with van der Waals surface area (Å²) in [6, 6.07) is 0. The van der Waals surface area contributed by atoms with Gasteiger partial charge < -0.3 is 4.74 Å². The van der Waals surface area contributed by atoms with E-state index in [0.717, 1.165) is 6.42 Å². The Balaban J connectivity index is 2.56. The molecule has 0 aromatic rings. The van der Waals surface area contributed by atoms with E-state index in [1.807, 2.05) is 0 Å². The fourth-order valence-corrected chi connectivity index (χ4v) is 2.40. The van der Waals surface area contributed by atoms with Crippen LogP contribution in [-0.2, 0) is 14.3 Å². The third kappa shape index (κ3) is 3.05. The molecule has 0 radical (unpaired) electrons. The van der Waals surface area contributed by atoms with Crippen molar-refractivity contribution in [2.45, 2.75) is 40.0 Å². The second kappa shape index (κ2) is 5.29. The minimum absolute atomic E-state index is 0.0935. The number of hydrogen-bond donors (Lipinski definition) is 0. The molecule has 1 fully saturated rings. The Kier molecular flexibility index (Phi) is 4.30. The number of carbonyl (C=O) groups excluding carboxylic acids is 2. The Labute approximate surface area is 91.2 Å². The Morgan fingerprint density at radius 1 is 1.53 bits per heavy atom. The van der Waals surface area contributed by atoms with Crippen LogP contribution in [0.2, 0.25) is 0 Å². The van der Waals surface area contributed by atoms with E-state index in [1.165, 1.54) is 0 Å². The molecule has 0 aromatic carbocycles. The maximum absolute atomic E-state index is 11.6. The van der Waals surface area contributed by atoms with E-state index < -0.39 is 0 Å². The van der Waals surface area contributed by atoms with Crippen molar-refractivity contribution in [2.75, 3.05) is 6.61 Å². The molecule has 0 aromatic heterocycles. The maximum Gasteiger partial charge on any atom is 0.306 e. The van der Waals surface area contributed by atoms with Crippen molar-refractivity contribution in [3.8, 4) is 0 Å². The number of esters is 1. The number of Topliss-reactive ketones (excluding diaryl/α,β-unsaturated/α-hetero) is 1. The van der Waals surface area contributed by atoms with Crippen LogP contribution in [0.3, 0.4) is 0 Å². The van der Waals surface area contributed by atoms with E-state index in [2.05, 4.69) is 13.8 Å². The molecule has 1 aliphatic carbocycles. The lowest BCUT2D eigenvalue weighted by Crippen LogP contribution is -2.23. The van der Waals surface area contributed by atoms with Crippen LogP contribution in [0, 0.1) is 17.8 Å². The van der Waals surface area contributed by atoms with E-state index in [-0.39, 0.29) is 24.1 Å². The fraction of sp³-hybridized carbons (Fsp3) is 0.833. The number of hydrogen-bond acceptors (Lipinski definition) is 3. The molecule has 1 saturated carbocycles. The van der Waals surface area contributed by atoms with Gasteiger partial charge in [0.2, 0.25) is 0 Å². The lowest BCUT2D eigenvalue weighted by molar-refractivity contribution is -0.146. The van der Waals surface area contributed by atoms with Gasteiger partial charge in [-0.1, -0.05) is 13.8 Å². The number of rotatable bonds is 4. The van der Waals surface area contributed by atoms with E-state index in [1.54, 1.807) is 6.92 Å². The van der Waals surface area contributed by atoms with Crippen LogP contribution >= 0.6 is 0 Å². The minimum atomic E-state index is -0.233. The van der Waals surface area contributed by atoms with Crippen LogP contribution in [0.4, 0.5) is 0 Å². The van der Waals surface area contributed by atoms with Crippen LogP contribution in [0.5, 0.6) is 0 Å². The zero-order valence-electron chi connectivity index (χ0n) is 9.79. The van der Waals surface area contributed by atoms with Crippen molar-refractivity contribution in [3.05, 3.63) is 0 Å². The average Bonchev–Trinajstić information content (AvgIpc) is 2.48. The predicted octanol–water partition coefficient (Wildman–Crippen LogP) is 2.19. The maximum atomic E-state index is 11.6. The van der Waals surface area contributed by atoms with Crippen LogP contribution in [0.15, 0.2) is 0 Å². The lowest BCUT2D eigenvalue weighted by Gasteiger charge is -2.20. The van der Waals surface area contributed by atoms with Crippen molar-refractivity contribution in [1.82, 2.24) is 0 Å². The molecule has 15 heavy (non-hydrogen) atoms. The molecule has 0 heterocycles. The molecule has 0 saturated heterocycles. The summed E-state index contributed by atoms with van der Waals surface area (Å²) in [5.41, 5.74) is 0. The summed E-state index contributed by atoms with van der Waals surface area (Å²) in [5, 5.41) is 0.